The fourth-order valence-corrected chi connectivity index (χ4v) is 4.77. The Kier molecular flexibility index (Phi) is 9.31. The van der Waals surface area contributed by atoms with Gasteiger partial charge < -0.3 is 31.4 Å². The third-order valence-electron chi connectivity index (χ3n) is 7.34. The number of H-pyrrole nitrogens is 1. The van der Waals surface area contributed by atoms with Gasteiger partial charge in [-0.05, 0) is 36.3 Å². The minimum Gasteiger partial charge on any atom is -0.480 e. The van der Waals surface area contributed by atoms with Crippen molar-refractivity contribution in [1.29, 1.82) is 0 Å². The molecular weight excluding hydrogens is 474 g/mol. The van der Waals surface area contributed by atoms with Crippen LogP contribution in [-0.2, 0) is 25.6 Å². The van der Waals surface area contributed by atoms with Gasteiger partial charge in [-0.25, -0.2) is 4.79 Å². The molecule has 37 heavy (non-hydrogen) atoms. The lowest BCUT2D eigenvalue weighted by molar-refractivity contribution is -0.145. The summed E-state index contributed by atoms with van der Waals surface area (Å²) in [6, 6.07) is 4.12. The van der Waals surface area contributed by atoms with Gasteiger partial charge in [-0.3, -0.25) is 14.4 Å². The number of amides is 3. The third-order valence-corrected chi connectivity index (χ3v) is 7.34. The quantitative estimate of drug-likeness (QED) is 0.308. The average molecular weight is 514 g/mol. The van der Waals surface area contributed by atoms with Gasteiger partial charge in [0.15, 0.2) is 0 Å². The first-order valence-electron chi connectivity index (χ1n) is 13.0. The molecule has 1 saturated heterocycles. The summed E-state index contributed by atoms with van der Waals surface area (Å²) in [5.41, 5.74) is 7.93. The zero-order valence-corrected chi connectivity index (χ0v) is 22.0. The number of hydrogen-bond acceptors (Lipinski definition) is 5. The van der Waals surface area contributed by atoms with Crippen LogP contribution in [0.25, 0.3) is 10.9 Å². The molecule has 3 amide bonds. The molecule has 1 aromatic heterocycles. The van der Waals surface area contributed by atoms with Crippen molar-refractivity contribution in [2.75, 3.05) is 6.54 Å². The average Bonchev–Trinajstić information content (AvgIpc) is 3.52. The van der Waals surface area contributed by atoms with E-state index in [0.29, 0.717) is 25.8 Å². The van der Waals surface area contributed by atoms with E-state index in [-0.39, 0.29) is 24.2 Å². The van der Waals surface area contributed by atoms with Crippen molar-refractivity contribution in [3.8, 4) is 0 Å². The van der Waals surface area contributed by atoms with Crippen LogP contribution >= 0.6 is 0 Å². The molecule has 1 aliphatic heterocycles. The number of carboxylic acid groups (broad SMARTS) is 1. The highest BCUT2D eigenvalue weighted by atomic mass is 16.4. The minimum absolute atomic E-state index is 0.0712. The van der Waals surface area contributed by atoms with Gasteiger partial charge in [-0.15, -0.1) is 0 Å². The zero-order chi connectivity index (χ0) is 27.3. The Morgan fingerprint density at radius 3 is 2.51 bits per heavy atom. The molecule has 5 unspecified atom stereocenters. The molecule has 1 fully saturated rings. The first-order chi connectivity index (χ1) is 17.5. The van der Waals surface area contributed by atoms with E-state index in [9.17, 15) is 24.3 Å². The Labute approximate surface area is 217 Å². The fraction of sp³-hybridized carbons (Fsp3) is 0.556. The topological polar surface area (TPSA) is 158 Å². The summed E-state index contributed by atoms with van der Waals surface area (Å²) in [6.07, 6.45) is 3.77. The molecule has 5 atom stereocenters. The highest BCUT2D eigenvalue weighted by Gasteiger charge is 2.40. The van der Waals surface area contributed by atoms with Crippen LogP contribution in [-0.4, -0.2) is 69.4 Å². The molecule has 0 aliphatic carbocycles. The second-order valence-electron chi connectivity index (χ2n) is 10.3. The molecule has 1 aliphatic rings. The highest BCUT2D eigenvalue weighted by Crippen LogP contribution is 2.23. The number of aromatic nitrogens is 1. The Bertz CT molecular complexity index is 1130. The van der Waals surface area contributed by atoms with E-state index in [1.807, 2.05) is 44.3 Å². The number of likely N-dealkylation sites (tertiary alicyclic amines) is 1. The predicted octanol–water partition coefficient (Wildman–Crippen LogP) is 1.79. The van der Waals surface area contributed by atoms with Crippen LogP contribution in [0.1, 0.15) is 52.5 Å². The standard InChI is InChI=1S/C27H39N5O5/c1-5-16(4)22(28)25(34)30-20(13-17-14-29-19-10-7-6-9-18(17)19)26(35)32-12-8-11-21(32)24(33)31-23(15(2)3)27(36)37/h6-7,9-10,14-16,20-23,29H,5,8,11-13,28H2,1-4H3,(H,30,34)(H,31,33)(H,36,37). The molecule has 6 N–H and O–H groups in total. The number of aliphatic carboxylic acids is 1. The maximum Gasteiger partial charge on any atom is 0.326 e. The van der Waals surface area contributed by atoms with E-state index in [2.05, 4.69) is 15.6 Å². The van der Waals surface area contributed by atoms with Gasteiger partial charge >= 0.3 is 5.97 Å². The SMILES string of the molecule is CCC(C)C(N)C(=O)NC(Cc1c[nH]c2ccccc12)C(=O)N1CCCC1C(=O)NC(C(=O)O)C(C)C. The summed E-state index contributed by atoms with van der Waals surface area (Å²) < 4.78 is 0. The lowest BCUT2D eigenvalue weighted by atomic mass is 9.98. The number of rotatable bonds is 11. The number of benzene rings is 1. The monoisotopic (exact) mass is 513 g/mol. The number of nitrogens with zero attached hydrogens (tertiary/aromatic N) is 1. The van der Waals surface area contributed by atoms with Crippen molar-refractivity contribution >= 4 is 34.6 Å². The van der Waals surface area contributed by atoms with E-state index in [1.165, 1.54) is 4.90 Å². The number of hydrogen-bond donors (Lipinski definition) is 5. The van der Waals surface area contributed by atoms with E-state index >= 15 is 0 Å². The fourth-order valence-electron chi connectivity index (χ4n) is 4.77. The molecule has 0 spiro atoms. The molecule has 2 heterocycles. The van der Waals surface area contributed by atoms with Crippen molar-refractivity contribution in [3.05, 3.63) is 36.0 Å². The Balaban J connectivity index is 1.86. The van der Waals surface area contributed by atoms with Gasteiger partial charge in [0.1, 0.15) is 18.1 Å². The molecule has 3 rings (SSSR count). The summed E-state index contributed by atoms with van der Waals surface area (Å²) in [5, 5.41) is 15.9. The van der Waals surface area contributed by atoms with Crippen molar-refractivity contribution < 1.29 is 24.3 Å². The molecule has 2 aromatic rings. The number of carbonyl (C=O) groups is 4. The van der Waals surface area contributed by atoms with Gasteiger partial charge in [-0.2, -0.15) is 0 Å². The van der Waals surface area contributed by atoms with Crippen LogP contribution in [0.5, 0.6) is 0 Å². The van der Waals surface area contributed by atoms with Gasteiger partial charge in [-0.1, -0.05) is 52.3 Å². The van der Waals surface area contributed by atoms with Crippen LogP contribution in [0.4, 0.5) is 0 Å². The molecule has 202 valence electrons. The van der Waals surface area contributed by atoms with Crippen LogP contribution < -0.4 is 16.4 Å². The summed E-state index contributed by atoms with van der Waals surface area (Å²) in [4.78, 5) is 56.2. The summed E-state index contributed by atoms with van der Waals surface area (Å²) in [5.74, 6) is -2.81. The third kappa shape index (κ3) is 6.49. The summed E-state index contributed by atoms with van der Waals surface area (Å²) in [6.45, 7) is 7.60. The maximum absolute atomic E-state index is 13.8. The number of carboxylic acids is 1. The van der Waals surface area contributed by atoms with Crippen LogP contribution in [0.2, 0.25) is 0 Å². The molecule has 0 saturated carbocycles. The normalized spacial score (nSPS) is 18.9. The smallest absolute Gasteiger partial charge is 0.326 e. The maximum atomic E-state index is 13.8. The number of carbonyl (C=O) groups excluding carboxylic acids is 3. The highest BCUT2D eigenvalue weighted by molar-refractivity contribution is 5.95. The Morgan fingerprint density at radius 2 is 1.86 bits per heavy atom. The van der Waals surface area contributed by atoms with Gasteiger partial charge in [0.2, 0.25) is 17.7 Å². The van der Waals surface area contributed by atoms with Crippen molar-refractivity contribution in [2.24, 2.45) is 17.6 Å². The Morgan fingerprint density at radius 1 is 1.16 bits per heavy atom. The van der Waals surface area contributed by atoms with Crippen molar-refractivity contribution in [1.82, 2.24) is 20.5 Å². The molecule has 1 aromatic carbocycles. The summed E-state index contributed by atoms with van der Waals surface area (Å²) in [7, 11) is 0. The van der Waals surface area contributed by atoms with E-state index in [1.54, 1.807) is 13.8 Å². The van der Waals surface area contributed by atoms with Crippen molar-refractivity contribution in [3.63, 3.8) is 0 Å². The molecule has 10 nitrogen and oxygen atoms in total. The predicted molar refractivity (Wildman–Crippen MR) is 141 cm³/mol. The number of nitrogens with two attached hydrogens (primary N) is 1. The van der Waals surface area contributed by atoms with Crippen molar-refractivity contribution in [2.45, 2.75) is 77.5 Å². The lowest BCUT2D eigenvalue weighted by Crippen LogP contribution is -2.58. The number of nitrogens with one attached hydrogen (secondary N) is 3. The number of aromatic amines is 1. The van der Waals surface area contributed by atoms with Crippen LogP contribution in [0.3, 0.4) is 0 Å². The zero-order valence-electron chi connectivity index (χ0n) is 22.0. The number of fused-ring (bicyclic) bond motifs is 1. The van der Waals surface area contributed by atoms with E-state index < -0.39 is 42.0 Å². The lowest BCUT2D eigenvalue weighted by Gasteiger charge is -2.30. The van der Waals surface area contributed by atoms with E-state index in [4.69, 9.17) is 5.73 Å². The first kappa shape index (κ1) is 28.2. The van der Waals surface area contributed by atoms with Gasteiger partial charge in [0.25, 0.3) is 0 Å². The number of para-hydroxylation sites is 1. The summed E-state index contributed by atoms with van der Waals surface area (Å²) >= 11 is 0. The first-order valence-corrected chi connectivity index (χ1v) is 13.0. The van der Waals surface area contributed by atoms with Crippen LogP contribution in [0, 0.1) is 11.8 Å². The van der Waals surface area contributed by atoms with Crippen LogP contribution in [0.15, 0.2) is 30.5 Å². The molecule has 0 radical (unpaired) electrons. The largest absolute Gasteiger partial charge is 0.480 e. The Hall–Kier alpha value is -3.40. The molecule has 0 bridgehead atoms. The van der Waals surface area contributed by atoms with Gasteiger partial charge in [0, 0.05) is 30.1 Å². The molecule has 10 heteroatoms. The second kappa shape index (κ2) is 12.2. The molecular formula is C27H39N5O5. The second-order valence-corrected chi connectivity index (χ2v) is 10.3. The van der Waals surface area contributed by atoms with Gasteiger partial charge in [0.05, 0.1) is 6.04 Å². The van der Waals surface area contributed by atoms with E-state index in [0.717, 1.165) is 16.5 Å². The minimum atomic E-state index is -1.12.